The number of hydrogen-bond donors (Lipinski definition) is 1. The Morgan fingerprint density at radius 3 is 2.78 bits per heavy atom. The first kappa shape index (κ1) is 13.4. The summed E-state index contributed by atoms with van der Waals surface area (Å²) >= 11 is 11.9. The fourth-order valence-corrected chi connectivity index (χ4v) is 2.04. The summed E-state index contributed by atoms with van der Waals surface area (Å²) in [6, 6.07) is 5.63. The average molecular weight is 284 g/mol. The zero-order valence-electron chi connectivity index (χ0n) is 10.1. The fourth-order valence-electron chi connectivity index (χ4n) is 1.72. The Balaban J connectivity index is 2.13. The van der Waals surface area contributed by atoms with Crippen molar-refractivity contribution >= 4 is 23.2 Å². The molecule has 0 aliphatic heterocycles. The summed E-state index contributed by atoms with van der Waals surface area (Å²) in [4.78, 5) is 0. The Bertz CT molecular complexity index is 537. The van der Waals surface area contributed by atoms with Crippen LogP contribution < -0.4 is 5.73 Å². The molecule has 1 heterocycles. The zero-order valence-corrected chi connectivity index (χ0v) is 11.6. The van der Waals surface area contributed by atoms with Gasteiger partial charge in [-0.05, 0) is 24.1 Å². The van der Waals surface area contributed by atoms with Crippen LogP contribution in [0.15, 0.2) is 30.6 Å². The van der Waals surface area contributed by atoms with Gasteiger partial charge < -0.3 is 5.73 Å². The van der Waals surface area contributed by atoms with E-state index in [0.717, 1.165) is 17.5 Å². The Hall–Kier alpha value is -1.03. The van der Waals surface area contributed by atoms with Crippen LogP contribution >= 0.6 is 23.2 Å². The first-order valence-electron chi connectivity index (χ1n) is 5.82. The molecule has 0 saturated carbocycles. The molecule has 2 aromatic rings. The van der Waals surface area contributed by atoms with E-state index < -0.39 is 0 Å². The molecule has 2 N–H and O–H groups in total. The lowest BCUT2D eigenvalue weighted by Gasteiger charge is -2.05. The predicted molar refractivity (Wildman–Crippen MR) is 75.0 cm³/mol. The minimum absolute atomic E-state index is 0.0487. The van der Waals surface area contributed by atoms with Gasteiger partial charge in [-0.3, -0.25) is 4.68 Å². The van der Waals surface area contributed by atoms with Crippen LogP contribution in [0, 0.1) is 0 Å². The number of benzene rings is 1. The van der Waals surface area contributed by atoms with E-state index in [4.69, 9.17) is 28.9 Å². The van der Waals surface area contributed by atoms with Gasteiger partial charge in [-0.2, -0.15) is 5.10 Å². The van der Waals surface area contributed by atoms with Gasteiger partial charge in [-0.1, -0.05) is 36.2 Å². The van der Waals surface area contributed by atoms with Crippen LogP contribution in [-0.2, 0) is 6.54 Å². The lowest BCUT2D eigenvalue weighted by atomic mass is 10.1. The van der Waals surface area contributed by atoms with Gasteiger partial charge in [-0.15, -0.1) is 0 Å². The van der Waals surface area contributed by atoms with E-state index in [-0.39, 0.29) is 6.04 Å². The van der Waals surface area contributed by atoms with Crippen molar-refractivity contribution in [3.05, 3.63) is 51.8 Å². The Labute approximate surface area is 117 Å². The summed E-state index contributed by atoms with van der Waals surface area (Å²) < 4.78 is 1.85. The number of halogens is 2. The second-order valence-electron chi connectivity index (χ2n) is 4.23. The second-order valence-corrected chi connectivity index (χ2v) is 5.05. The minimum Gasteiger partial charge on any atom is -0.324 e. The van der Waals surface area contributed by atoms with Crippen LogP contribution in [0.5, 0.6) is 0 Å². The van der Waals surface area contributed by atoms with Gasteiger partial charge in [0.2, 0.25) is 0 Å². The van der Waals surface area contributed by atoms with Gasteiger partial charge in [0.1, 0.15) is 0 Å². The summed E-state index contributed by atoms with van der Waals surface area (Å²) in [7, 11) is 0. The molecular weight excluding hydrogens is 269 g/mol. The largest absolute Gasteiger partial charge is 0.324 e. The summed E-state index contributed by atoms with van der Waals surface area (Å²) in [5.74, 6) is 0. The van der Waals surface area contributed by atoms with Crippen molar-refractivity contribution in [1.29, 1.82) is 0 Å². The number of nitrogens with zero attached hydrogens (tertiary/aromatic N) is 2. The van der Waals surface area contributed by atoms with E-state index in [2.05, 4.69) is 12.0 Å². The van der Waals surface area contributed by atoms with Crippen LogP contribution in [0.25, 0.3) is 0 Å². The van der Waals surface area contributed by atoms with Gasteiger partial charge in [0, 0.05) is 17.8 Å². The first-order valence-corrected chi connectivity index (χ1v) is 6.57. The lowest BCUT2D eigenvalue weighted by molar-refractivity contribution is 0.675. The molecule has 2 rings (SSSR count). The molecule has 0 aliphatic carbocycles. The highest BCUT2D eigenvalue weighted by Crippen LogP contribution is 2.23. The van der Waals surface area contributed by atoms with Gasteiger partial charge in [0.05, 0.1) is 22.8 Å². The maximum atomic E-state index is 5.98. The van der Waals surface area contributed by atoms with E-state index >= 15 is 0 Å². The van der Waals surface area contributed by atoms with Crippen LogP contribution in [-0.4, -0.2) is 9.78 Å². The molecule has 0 spiro atoms. The molecular formula is C13H15Cl2N3. The molecule has 0 aliphatic rings. The van der Waals surface area contributed by atoms with Gasteiger partial charge in [0.25, 0.3) is 0 Å². The summed E-state index contributed by atoms with van der Waals surface area (Å²) in [5.41, 5.74) is 8.07. The highest BCUT2D eigenvalue weighted by molar-refractivity contribution is 6.42. The van der Waals surface area contributed by atoms with E-state index in [1.165, 1.54) is 0 Å². The molecule has 0 radical (unpaired) electrons. The maximum absolute atomic E-state index is 5.98. The minimum atomic E-state index is 0.0487. The number of nitrogens with two attached hydrogens (primary N) is 1. The van der Waals surface area contributed by atoms with Crippen LogP contribution in [0.1, 0.15) is 30.5 Å². The second kappa shape index (κ2) is 5.74. The smallest absolute Gasteiger partial charge is 0.0660 e. The topological polar surface area (TPSA) is 43.8 Å². The number of rotatable bonds is 4. The SMILES string of the molecule is CCC(N)c1cnn(Cc2ccc(Cl)c(Cl)c2)c1. The Morgan fingerprint density at radius 2 is 2.11 bits per heavy atom. The highest BCUT2D eigenvalue weighted by atomic mass is 35.5. The van der Waals surface area contributed by atoms with Crippen molar-refractivity contribution in [2.75, 3.05) is 0 Å². The molecule has 1 unspecified atom stereocenters. The quantitative estimate of drug-likeness (QED) is 0.931. The molecule has 0 saturated heterocycles. The fraction of sp³-hybridized carbons (Fsp3) is 0.308. The third-order valence-corrected chi connectivity index (χ3v) is 3.59. The van der Waals surface area contributed by atoms with Crippen molar-refractivity contribution < 1.29 is 0 Å². The molecule has 0 amide bonds. The molecule has 3 nitrogen and oxygen atoms in total. The zero-order chi connectivity index (χ0) is 13.1. The number of aromatic nitrogens is 2. The summed E-state index contributed by atoms with van der Waals surface area (Å²) in [6.07, 6.45) is 4.68. The average Bonchev–Trinajstić information content (AvgIpc) is 2.81. The maximum Gasteiger partial charge on any atom is 0.0660 e. The predicted octanol–water partition coefficient (Wildman–Crippen LogP) is 3.65. The lowest BCUT2D eigenvalue weighted by Crippen LogP contribution is -2.07. The number of hydrogen-bond acceptors (Lipinski definition) is 2. The van der Waals surface area contributed by atoms with Crippen molar-refractivity contribution in [3.8, 4) is 0 Å². The third kappa shape index (κ3) is 3.05. The van der Waals surface area contributed by atoms with E-state index in [9.17, 15) is 0 Å². The molecule has 1 aromatic heterocycles. The summed E-state index contributed by atoms with van der Waals surface area (Å²) in [6.45, 7) is 2.72. The Morgan fingerprint density at radius 1 is 1.33 bits per heavy atom. The summed E-state index contributed by atoms with van der Waals surface area (Å²) in [5, 5.41) is 5.42. The van der Waals surface area contributed by atoms with Crippen molar-refractivity contribution in [2.24, 2.45) is 5.73 Å². The molecule has 1 atom stereocenters. The van der Waals surface area contributed by atoms with Crippen LogP contribution in [0.3, 0.4) is 0 Å². The van der Waals surface area contributed by atoms with Crippen LogP contribution in [0.4, 0.5) is 0 Å². The third-order valence-electron chi connectivity index (χ3n) is 2.85. The van der Waals surface area contributed by atoms with Crippen LogP contribution in [0.2, 0.25) is 10.0 Å². The highest BCUT2D eigenvalue weighted by Gasteiger charge is 2.07. The van der Waals surface area contributed by atoms with Gasteiger partial charge >= 0.3 is 0 Å². The monoisotopic (exact) mass is 283 g/mol. The van der Waals surface area contributed by atoms with Crippen molar-refractivity contribution in [3.63, 3.8) is 0 Å². The molecule has 0 fully saturated rings. The van der Waals surface area contributed by atoms with E-state index in [0.29, 0.717) is 16.6 Å². The molecule has 5 heteroatoms. The van der Waals surface area contributed by atoms with Crippen molar-refractivity contribution in [1.82, 2.24) is 9.78 Å². The Kier molecular flexibility index (Phi) is 4.27. The molecule has 96 valence electrons. The van der Waals surface area contributed by atoms with Crippen molar-refractivity contribution in [2.45, 2.75) is 25.9 Å². The first-order chi connectivity index (χ1) is 8.60. The molecule has 18 heavy (non-hydrogen) atoms. The normalized spacial score (nSPS) is 12.7. The van der Waals surface area contributed by atoms with E-state index in [1.807, 2.05) is 29.2 Å². The molecule has 1 aromatic carbocycles. The van der Waals surface area contributed by atoms with E-state index in [1.54, 1.807) is 6.07 Å². The van der Waals surface area contributed by atoms with Gasteiger partial charge in [-0.25, -0.2) is 0 Å². The standard InChI is InChI=1S/C13H15Cl2N3/c1-2-13(16)10-6-17-18(8-10)7-9-3-4-11(14)12(15)5-9/h3-6,8,13H,2,7,16H2,1H3. The molecule has 0 bridgehead atoms. The van der Waals surface area contributed by atoms with Gasteiger partial charge in [0.15, 0.2) is 0 Å².